The number of Topliss-reactive ketones (excluding diaryl/α,β-unsaturated/α-hetero) is 2. The molecule has 0 unspecified atom stereocenters. The quantitative estimate of drug-likeness (QED) is 0.628. The Hall–Kier alpha value is -0.280. The molecular weight excluding hydrogens is 294 g/mol. The van der Waals surface area contributed by atoms with E-state index in [0.29, 0.717) is 11.1 Å². The van der Waals surface area contributed by atoms with Gasteiger partial charge < -0.3 is 0 Å². The van der Waals surface area contributed by atoms with Crippen molar-refractivity contribution in [2.45, 2.75) is 9.67 Å². The molecule has 0 aliphatic carbocycles. The lowest BCUT2D eigenvalue weighted by molar-refractivity contribution is 0.0995. The number of rotatable bonds is 4. The lowest BCUT2D eigenvalue weighted by Gasteiger charge is -2.03. The molecule has 0 radical (unpaired) electrons. The standard InChI is InChI=1S/C10H6Cl4O2/c11-9(12)7(15)5-1-2-6(4-3-5)8(16)10(13)14/h1-4,9-10H. The first-order chi connectivity index (χ1) is 7.43. The third-order valence-corrected chi connectivity index (χ3v) is 2.64. The van der Waals surface area contributed by atoms with E-state index in [-0.39, 0.29) is 0 Å². The molecule has 0 aromatic heterocycles. The van der Waals surface area contributed by atoms with Gasteiger partial charge in [-0.3, -0.25) is 9.59 Å². The second kappa shape index (κ2) is 5.87. The van der Waals surface area contributed by atoms with Gasteiger partial charge in [-0.1, -0.05) is 70.7 Å². The molecule has 0 saturated heterocycles. The van der Waals surface area contributed by atoms with Crippen LogP contribution in [0.2, 0.25) is 0 Å². The fourth-order valence-corrected chi connectivity index (χ4v) is 1.55. The highest BCUT2D eigenvalue weighted by molar-refractivity contribution is 6.56. The molecule has 1 aromatic carbocycles. The van der Waals surface area contributed by atoms with Crippen LogP contribution in [-0.2, 0) is 0 Å². The fourth-order valence-electron chi connectivity index (χ4n) is 1.05. The Labute approximate surface area is 112 Å². The topological polar surface area (TPSA) is 34.1 Å². The van der Waals surface area contributed by atoms with Crippen LogP contribution < -0.4 is 0 Å². The van der Waals surface area contributed by atoms with Crippen LogP contribution >= 0.6 is 46.4 Å². The van der Waals surface area contributed by atoms with Crippen molar-refractivity contribution in [2.24, 2.45) is 0 Å². The molecule has 0 N–H and O–H groups in total. The number of hydrogen-bond acceptors (Lipinski definition) is 2. The lowest BCUT2D eigenvalue weighted by Crippen LogP contribution is -2.10. The molecule has 0 saturated carbocycles. The molecule has 0 atom stereocenters. The van der Waals surface area contributed by atoms with E-state index in [1.165, 1.54) is 24.3 Å². The largest absolute Gasteiger partial charge is 0.291 e. The van der Waals surface area contributed by atoms with Gasteiger partial charge in [0.05, 0.1) is 0 Å². The molecule has 16 heavy (non-hydrogen) atoms. The Bertz CT molecular complexity index is 359. The number of alkyl halides is 4. The van der Waals surface area contributed by atoms with Crippen molar-refractivity contribution in [3.63, 3.8) is 0 Å². The van der Waals surface area contributed by atoms with E-state index < -0.39 is 21.2 Å². The summed E-state index contributed by atoms with van der Waals surface area (Å²) >= 11 is 21.7. The molecule has 0 aliphatic heterocycles. The highest BCUT2D eigenvalue weighted by Gasteiger charge is 2.17. The third-order valence-electron chi connectivity index (χ3n) is 1.85. The fraction of sp³-hybridized carbons (Fsp3) is 0.200. The van der Waals surface area contributed by atoms with Gasteiger partial charge in [-0.15, -0.1) is 0 Å². The van der Waals surface area contributed by atoms with Crippen LogP contribution in [-0.4, -0.2) is 21.2 Å². The van der Waals surface area contributed by atoms with Crippen LogP contribution in [0.3, 0.4) is 0 Å². The summed E-state index contributed by atoms with van der Waals surface area (Å²) in [5.41, 5.74) is 0.652. The number of carbonyl (C=O) groups excluding carboxylic acids is 2. The average Bonchev–Trinajstić information content (AvgIpc) is 2.27. The minimum atomic E-state index is -1.12. The summed E-state index contributed by atoms with van der Waals surface area (Å²) in [4.78, 5) is 20.5. The maximum atomic E-state index is 11.4. The zero-order valence-corrected chi connectivity index (χ0v) is 10.8. The van der Waals surface area contributed by atoms with Crippen LogP contribution in [0.25, 0.3) is 0 Å². The summed E-state index contributed by atoms with van der Waals surface area (Å²) in [6.45, 7) is 0. The van der Waals surface area contributed by atoms with Crippen LogP contribution in [0.4, 0.5) is 0 Å². The molecule has 0 spiro atoms. The molecule has 0 bridgehead atoms. The molecular formula is C10H6Cl4O2. The van der Waals surface area contributed by atoms with Crippen molar-refractivity contribution < 1.29 is 9.59 Å². The van der Waals surface area contributed by atoms with Gasteiger partial charge in [-0.05, 0) is 0 Å². The summed E-state index contributed by atoms with van der Waals surface area (Å²) in [6, 6.07) is 5.79. The highest BCUT2D eigenvalue weighted by atomic mass is 35.5. The van der Waals surface area contributed by atoms with Gasteiger partial charge in [0, 0.05) is 11.1 Å². The van der Waals surface area contributed by atoms with Gasteiger partial charge in [0.15, 0.2) is 21.2 Å². The predicted molar refractivity (Wildman–Crippen MR) is 66.1 cm³/mol. The molecule has 1 aromatic rings. The van der Waals surface area contributed by atoms with E-state index in [1.807, 2.05) is 0 Å². The van der Waals surface area contributed by atoms with Crippen molar-refractivity contribution in [3.8, 4) is 0 Å². The van der Waals surface area contributed by atoms with Gasteiger partial charge >= 0.3 is 0 Å². The van der Waals surface area contributed by atoms with Crippen molar-refractivity contribution in [3.05, 3.63) is 35.4 Å². The second-order valence-electron chi connectivity index (χ2n) is 2.91. The Morgan fingerprint density at radius 2 is 1.00 bits per heavy atom. The first kappa shape index (κ1) is 13.8. The number of carbonyl (C=O) groups is 2. The summed E-state index contributed by atoms with van der Waals surface area (Å²) in [5, 5.41) is 0. The molecule has 0 amide bonds. The minimum Gasteiger partial charge on any atom is -0.291 e. The molecule has 0 aliphatic rings. The van der Waals surface area contributed by atoms with Crippen molar-refractivity contribution >= 4 is 58.0 Å². The smallest absolute Gasteiger partial charge is 0.195 e. The SMILES string of the molecule is O=C(c1ccc(C(=O)C(Cl)Cl)cc1)C(Cl)Cl. The van der Waals surface area contributed by atoms with Crippen molar-refractivity contribution in [2.75, 3.05) is 0 Å². The van der Waals surface area contributed by atoms with E-state index in [9.17, 15) is 9.59 Å². The van der Waals surface area contributed by atoms with Crippen molar-refractivity contribution in [1.29, 1.82) is 0 Å². The average molecular weight is 300 g/mol. The maximum absolute atomic E-state index is 11.4. The van der Waals surface area contributed by atoms with Gasteiger partial charge in [0.2, 0.25) is 0 Å². The minimum absolute atomic E-state index is 0.326. The van der Waals surface area contributed by atoms with E-state index in [4.69, 9.17) is 46.4 Å². The normalized spacial score (nSPS) is 10.9. The molecule has 0 fully saturated rings. The maximum Gasteiger partial charge on any atom is 0.195 e. The molecule has 1 rings (SSSR count). The summed E-state index contributed by atoms with van der Waals surface area (Å²) in [6.07, 6.45) is 0. The molecule has 86 valence electrons. The monoisotopic (exact) mass is 298 g/mol. The predicted octanol–water partition coefficient (Wildman–Crippen LogP) is 3.66. The zero-order chi connectivity index (χ0) is 12.3. The third kappa shape index (κ3) is 3.36. The summed E-state index contributed by atoms with van der Waals surface area (Å²) in [5.74, 6) is -0.841. The second-order valence-corrected chi connectivity index (χ2v) is 5.10. The molecule has 2 nitrogen and oxygen atoms in total. The first-order valence-electron chi connectivity index (χ1n) is 4.18. The van der Waals surface area contributed by atoms with Crippen LogP contribution in [0.5, 0.6) is 0 Å². The van der Waals surface area contributed by atoms with Gasteiger partial charge in [-0.25, -0.2) is 0 Å². The lowest BCUT2D eigenvalue weighted by atomic mass is 10.1. The molecule has 6 heteroatoms. The number of hydrogen-bond donors (Lipinski definition) is 0. The van der Waals surface area contributed by atoms with E-state index in [0.717, 1.165) is 0 Å². The Morgan fingerprint density at radius 3 is 1.19 bits per heavy atom. The van der Waals surface area contributed by atoms with Crippen LogP contribution in [0, 0.1) is 0 Å². The summed E-state index contributed by atoms with van der Waals surface area (Å²) in [7, 11) is 0. The van der Waals surface area contributed by atoms with Gasteiger partial charge in [0.1, 0.15) is 0 Å². The van der Waals surface area contributed by atoms with Crippen LogP contribution in [0.15, 0.2) is 24.3 Å². The van der Waals surface area contributed by atoms with Gasteiger partial charge in [-0.2, -0.15) is 0 Å². The zero-order valence-electron chi connectivity index (χ0n) is 7.79. The van der Waals surface area contributed by atoms with E-state index in [2.05, 4.69) is 0 Å². The van der Waals surface area contributed by atoms with E-state index >= 15 is 0 Å². The Morgan fingerprint density at radius 1 is 0.750 bits per heavy atom. The Balaban J connectivity index is 2.92. The first-order valence-corrected chi connectivity index (χ1v) is 5.93. The number of benzene rings is 1. The van der Waals surface area contributed by atoms with Crippen LogP contribution in [0.1, 0.15) is 20.7 Å². The Kier molecular flexibility index (Phi) is 5.06. The number of ketones is 2. The number of halogens is 4. The van der Waals surface area contributed by atoms with Crippen molar-refractivity contribution in [1.82, 2.24) is 0 Å². The molecule has 0 heterocycles. The van der Waals surface area contributed by atoms with E-state index in [1.54, 1.807) is 0 Å². The highest BCUT2D eigenvalue weighted by Crippen LogP contribution is 2.16. The summed E-state index contributed by atoms with van der Waals surface area (Å²) < 4.78 is 0. The van der Waals surface area contributed by atoms with Gasteiger partial charge in [0.25, 0.3) is 0 Å².